The van der Waals surface area contributed by atoms with E-state index < -0.39 is 11.9 Å². The number of nitrogens with one attached hydrogen (secondary N) is 1. The van der Waals surface area contributed by atoms with Gasteiger partial charge in [0.25, 0.3) is 5.91 Å². The fraction of sp³-hybridized carbons (Fsp3) is 0.0909. The number of rotatable bonds is 7. The fourth-order valence-electron chi connectivity index (χ4n) is 2.34. The molecule has 2 aromatic heterocycles. The van der Waals surface area contributed by atoms with Gasteiger partial charge in [-0.25, -0.2) is 10.2 Å². The van der Waals surface area contributed by atoms with Crippen molar-refractivity contribution in [3.63, 3.8) is 0 Å². The predicted octanol–water partition coefficient (Wildman–Crippen LogP) is 3.62. The molecule has 1 amide bonds. The zero-order valence-electron chi connectivity index (χ0n) is 15.7. The lowest BCUT2D eigenvalue weighted by Gasteiger charge is -2.02. The van der Waals surface area contributed by atoms with Crippen LogP contribution in [0.5, 0.6) is 5.75 Å². The van der Waals surface area contributed by atoms with Gasteiger partial charge in [0.15, 0.2) is 0 Å². The van der Waals surface area contributed by atoms with Crippen LogP contribution in [0.25, 0.3) is 6.08 Å². The van der Waals surface area contributed by atoms with Gasteiger partial charge < -0.3 is 9.15 Å². The molecule has 0 atom stereocenters. The van der Waals surface area contributed by atoms with Gasteiger partial charge in [-0.1, -0.05) is 25.1 Å². The minimum Gasteiger partial charge on any atom is -0.465 e. The summed E-state index contributed by atoms with van der Waals surface area (Å²) < 4.78 is 10.4. The van der Waals surface area contributed by atoms with Crippen molar-refractivity contribution in [1.29, 1.82) is 0 Å². The number of nitrogens with zero attached hydrogens (tertiary/aromatic N) is 2. The molecule has 0 aliphatic rings. The Kier molecular flexibility index (Phi) is 6.67. The van der Waals surface area contributed by atoms with Crippen LogP contribution in [-0.4, -0.2) is 23.1 Å². The van der Waals surface area contributed by atoms with E-state index >= 15 is 0 Å². The monoisotopic (exact) mass is 389 g/mol. The summed E-state index contributed by atoms with van der Waals surface area (Å²) in [5.74, 6) is -0.0384. The van der Waals surface area contributed by atoms with Gasteiger partial charge in [-0.15, -0.1) is 0 Å². The van der Waals surface area contributed by atoms with Crippen molar-refractivity contribution < 1.29 is 18.7 Å². The molecule has 146 valence electrons. The third kappa shape index (κ3) is 6.00. The largest absolute Gasteiger partial charge is 0.465 e. The molecule has 29 heavy (non-hydrogen) atoms. The molecule has 7 nitrogen and oxygen atoms in total. The first kappa shape index (κ1) is 19.8. The van der Waals surface area contributed by atoms with E-state index in [1.807, 2.05) is 13.0 Å². The maximum Gasteiger partial charge on any atom is 0.336 e. The first-order chi connectivity index (χ1) is 14.1. The van der Waals surface area contributed by atoms with Crippen molar-refractivity contribution in [2.75, 3.05) is 0 Å². The van der Waals surface area contributed by atoms with E-state index in [0.29, 0.717) is 17.1 Å². The van der Waals surface area contributed by atoms with Crippen molar-refractivity contribution >= 4 is 24.2 Å². The van der Waals surface area contributed by atoms with Gasteiger partial charge in [-0.2, -0.15) is 5.10 Å². The average Bonchev–Trinajstić information content (AvgIpc) is 3.26. The smallest absolute Gasteiger partial charge is 0.336 e. The van der Waals surface area contributed by atoms with Crippen molar-refractivity contribution in [1.82, 2.24) is 10.4 Å². The van der Waals surface area contributed by atoms with Gasteiger partial charge in [0.2, 0.25) is 0 Å². The Morgan fingerprint density at radius 2 is 2.10 bits per heavy atom. The second-order valence-corrected chi connectivity index (χ2v) is 5.95. The van der Waals surface area contributed by atoms with E-state index in [4.69, 9.17) is 9.15 Å². The number of hydrogen-bond donors (Lipinski definition) is 1. The summed E-state index contributed by atoms with van der Waals surface area (Å²) in [6.45, 7) is 2.02. The van der Waals surface area contributed by atoms with Gasteiger partial charge in [0.05, 0.1) is 12.5 Å². The Balaban J connectivity index is 1.55. The highest BCUT2D eigenvalue weighted by Gasteiger charge is 2.05. The zero-order chi connectivity index (χ0) is 20.5. The summed E-state index contributed by atoms with van der Waals surface area (Å²) in [6, 6.07) is 13.7. The number of furan rings is 1. The zero-order valence-corrected chi connectivity index (χ0v) is 15.7. The molecule has 1 N–H and O–H groups in total. The van der Waals surface area contributed by atoms with Gasteiger partial charge in [-0.3, -0.25) is 9.78 Å². The molecule has 3 aromatic rings. The van der Waals surface area contributed by atoms with Crippen LogP contribution >= 0.6 is 0 Å². The Labute approximate surface area is 167 Å². The molecule has 2 heterocycles. The lowest BCUT2D eigenvalue weighted by molar-refractivity contribution is -0.128. The molecule has 0 bridgehead atoms. The van der Waals surface area contributed by atoms with E-state index in [1.54, 1.807) is 48.7 Å². The first-order valence-electron chi connectivity index (χ1n) is 8.96. The van der Waals surface area contributed by atoms with E-state index in [-0.39, 0.29) is 5.69 Å². The lowest BCUT2D eigenvalue weighted by Crippen LogP contribution is -2.18. The normalized spacial score (nSPS) is 11.1. The van der Waals surface area contributed by atoms with Crippen molar-refractivity contribution in [3.8, 4) is 5.75 Å². The van der Waals surface area contributed by atoms with E-state index in [1.165, 1.54) is 24.6 Å². The van der Waals surface area contributed by atoms with Gasteiger partial charge in [0, 0.05) is 12.3 Å². The highest BCUT2D eigenvalue weighted by molar-refractivity contribution is 5.93. The minimum absolute atomic E-state index is 0.283. The predicted molar refractivity (Wildman–Crippen MR) is 108 cm³/mol. The summed E-state index contributed by atoms with van der Waals surface area (Å²) >= 11 is 0. The number of esters is 1. The first-order valence-corrected chi connectivity index (χ1v) is 8.96. The standard InChI is InChI=1S/C22H19N3O4/c1-2-16-8-10-20(23-14-16)22(27)25-24-15-17-5-3-6-19(13-17)29-21(26)11-9-18-7-4-12-28-18/h3-15H,2H2,1H3,(H,25,27)/b11-9+,24-15-. The number of aryl methyl sites for hydroxylation is 1. The van der Waals surface area contributed by atoms with Crippen LogP contribution in [0.2, 0.25) is 0 Å². The molecular weight excluding hydrogens is 370 g/mol. The summed E-state index contributed by atoms with van der Waals surface area (Å²) in [5.41, 5.74) is 4.41. The molecule has 0 radical (unpaired) electrons. The van der Waals surface area contributed by atoms with Crippen LogP contribution in [0.15, 0.2) is 76.6 Å². The van der Waals surface area contributed by atoms with Gasteiger partial charge >= 0.3 is 5.97 Å². The summed E-state index contributed by atoms with van der Waals surface area (Å²) in [4.78, 5) is 28.0. The molecule has 0 fully saturated rings. The summed E-state index contributed by atoms with van der Waals surface area (Å²) in [6.07, 6.45) is 8.28. The third-order valence-electron chi connectivity index (χ3n) is 3.85. The van der Waals surface area contributed by atoms with Crippen molar-refractivity contribution in [2.45, 2.75) is 13.3 Å². The summed E-state index contributed by atoms with van der Waals surface area (Å²) in [5, 5.41) is 3.92. The number of benzene rings is 1. The number of carbonyl (C=O) groups is 2. The quantitative estimate of drug-likeness (QED) is 0.219. The molecule has 0 aliphatic carbocycles. The van der Waals surface area contributed by atoms with Crippen LogP contribution in [-0.2, 0) is 11.2 Å². The minimum atomic E-state index is -0.537. The molecule has 7 heteroatoms. The maximum absolute atomic E-state index is 12.0. The van der Waals surface area contributed by atoms with E-state index in [9.17, 15) is 9.59 Å². The third-order valence-corrected chi connectivity index (χ3v) is 3.85. The molecule has 0 saturated carbocycles. The number of amides is 1. The van der Waals surface area contributed by atoms with Crippen LogP contribution in [0, 0.1) is 0 Å². The van der Waals surface area contributed by atoms with Gasteiger partial charge in [-0.05, 0) is 54.0 Å². The van der Waals surface area contributed by atoms with E-state index in [2.05, 4.69) is 15.5 Å². The number of ether oxygens (including phenoxy) is 1. The second-order valence-electron chi connectivity index (χ2n) is 5.95. The molecular formula is C22H19N3O4. The molecule has 1 aromatic carbocycles. The average molecular weight is 389 g/mol. The van der Waals surface area contributed by atoms with Crippen molar-refractivity contribution in [3.05, 3.63) is 89.6 Å². The molecule has 0 spiro atoms. The number of carbonyl (C=O) groups excluding carboxylic acids is 2. The SMILES string of the molecule is CCc1ccc(C(=O)N/N=C\c2cccc(OC(=O)/C=C/c3ccco3)c2)nc1. The fourth-order valence-corrected chi connectivity index (χ4v) is 2.34. The number of aromatic nitrogens is 1. The second kappa shape index (κ2) is 9.80. The molecule has 0 aliphatic heterocycles. The topological polar surface area (TPSA) is 93.8 Å². The van der Waals surface area contributed by atoms with Crippen LogP contribution in [0.3, 0.4) is 0 Å². The maximum atomic E-state index is 12.0. The number of hydrazone groups is 1. The number of hydrogen-bond acceptors (Lipinski definition) is 6. The molecule has 0 saturated heterocycles. The lowest BCUT2D eigenvalue weighted by atomic mass is 10.2. The van der Waals surface area contributed by atoms with Crippen LogP contribution < -0.4 is 10.2 Å². The Morgan fingerprint density at radius 3 is 2.83 bits per heavy atom. The molecule has 0 unspecified atom stereocenters. The Morgan fingerprint density at radius 1 is 1.21 bits per heavy atom. The van der Waals surface area contributed by atoms with Crippen molar-refractivity contribution in [2.24, 2.45) is 5.10 Å². The van der Waals surface area contributed by atoms with Crippen LogP contribution in [0.1, 0.15) is 34.3 Å². The van der Waals surface area contributed by atoms with Crippen LogP contribution in [0.4, 0.5) is 0 Å². The van der Waals surface area contributed by atoms with E-state index in [0.717, 1.165) is 12.0 Å². The Bertz CT molecular complexity index is 1020. The van der Waals surface area contributed by atoms with Gasteiger partial charge in [0.1, 0.15) is 17.2 Å². The highest BCUT2D eigenvalue weighted by atomic mass is 16.5. The summed E-state index contributed by atoms with van der Waals surface area (Å²) in [7, 11) is 0. The molecule has 3 rings (SSSR count). The Hall–Kier alpha value is -4.00. The number of pyridine rings is 1. The highest BCUT2D eigenvalue weighted by Crippen LogP contribution is 2.13.